The SMILES string of the molecule is CCOc1ccc(-c2nc(NC(=O)CCCS(=O)(=O)c3ccc(OC)cc3)sc2C)cc1. The Balaban J connectivity index is 1.55. The number of nitrogens with zero attached hydrogens (tertiary/aromatic N) is 1. The van der Waals surface area contributed by atoms with Crippen molar-refractivity contribution in [2.24, 2.45) is 0 Å². The van der Waals surface area contributed by atoms with Crippen LogP contribution >= 0.6 is 11.3 Å². The van der Waals surface area contributed by atoms with Crippen LogP contribution in [0, 0.1) is 6.92 Å². The van der Waals surface area contributed by atoms with Crippen LogP contribution in [0.2, 0.25) is 0 Å². The van der Waals surface area contributed by atoms with E-state index in [0.717, 1.165) is 21.9 Å². The average molecular weight is 475 g/mol. The topological polar surface area (TPSA) is 94.6 Å². The number of hydrogen-bond acceptors (Lipinski definition) is 7. The molecule has 0 saturated carbocycles. The van der Waals surface area contributed by atoms with Crippen LogP contribution in [0.25, 0.3) is 11.3 Å². The van der Waals surface area contributed by atoms with E-state index in [0.29, 0.717) is 17.5 Å². The third-order valence-corrected chi connectivity index (χ3v) is 7.42. The number of nitrogens with one attached hydrogen (secondary N) is 1. The fourth-order valence-corrected chi connectivity index (χ4v) is 5.26. The van der Waals surface area contributed by atoms with Gasteiger partial charge in [0, 0.05) is 16.9 Å². The zero-order chi connectivity index (χ0) is 23.1. The zero-order valence-corrected chi connectivity index (χ0v) is 19.9. The van der Waals surface area contributed by atoms with Crippen molar-refractivity contribution >= 4 is 32.2 Å². The predicted octanol–water partition coefficient (Wildman–Crippen LogP) is 4.72. The number of aryl methyl sites for hydroxylation is 1. The summed E-state index contributed by atoms with van der Waals surface area (Å²) in [6.45, 7) is 4.48. The van der Waals surface area contributed by atoms with Crippen LogP contribution in [0.15, 0.2) is 53.4 Å². The van der Waals surface area contributed by atoms with Gasteiger partial charge in [-0.25, -0.2) is 13.4 Å². The Morgan fingerprint density at radius 2 is 1.72 bits per heavy atom. The van der Waals surface area contributed by atoms with Crippen molar-refractivity contribution < 1.29 is 22.7 Å². The second kappa shape index (κ2) is 10.6. The minimum Gasteiger partial charge on any atom is -0.497 e. The lowest BCUT2D eigenvalue weighted by Gasteiger charge is -2.06. The predicted molar refractivity (Wildman–Crippen MR) is 126 cm³/mol. The molecule has 9 heteroatoms. The molecule has 0 saturated heterocycles. The molecule has 2 aromatic carbocycles. The first-order chi connectivity index (χ1) is 15.3. The fraction of sp³-hybridized carbons (Fsp3) is 0.304. The van der Waals surface area contributed by atoms with Crippen LogP contribution < -0.4 is 14.8 Å². The smallest absolute Gasteiger partial charge is 0.226 e. The molecule has 0 bridgehead atoms. The summed E-state index contributed by atoms with van der Waals surface area (Å²) in [5.74, 6) is 1.01. The van der Waals surface area contributed by atoms with Gasteiger partial charge in [-0.15, -0.1) is 11.3 Å². The van der Waals surface area contributed by atoms with E-state index < -0.39 is 9.84 Å². The highest BCUT2D eigenvalue weighted by Gasteiger charge is 2.16. The van der Waals surface area contributed by atoms with E-state index in [1.807, 2.05) is 38.1 Å². The van der Waals surface area contributed by atoms with E-state index in [9.17, 15) is 13.2 Å². The number of rotatable bonds is 10. The Hall–Kier alpha value is -2.91. The Kier molecular flexibility index (Phi) is 7.87. The number of benzene rings is 2. The monoisotopic (exact) mass is 474 g/mol. The number of thiazole rings is 1. The summed E-state index contributed by atoms with van der Waals surface area (Å²) in [7, 11) is -1.94. The fourth-order valence-electron chi connectivity index (χ4n) is 3.10. The molecular weight excluding hydrogens is 448 g/mol. The molecule has 1 N–H and O–H groups in total. The van der Waals surface area contributed by atoms with Crippen LogP contribution in [-0.4, -0.2) is 38.8 Å². The Morgan fingerprint density at radius 1 is 1.06 bits per heavy atom. The van der Waals surface area contributed by atoms with Gasteiger partial charge < -0.3 is 14.8 Å². The van der Waals surface area contributed by atoms with Gasteiger partial charge in [0.15, 0.2) is 15.0 Å². The van der Waals surface area contributed by atoms with Gasteiger partial charge in [0.2, 0.25) is 5.91 Å². The summed E-state index contributed by atoms with van der Waals surface area (Å²) < 4.78 is 35.4. The Bertz CT molecular complexity index is 1150. The van der Waals surface area contributed by atoms with Crippen LogP contribution in [-0.2, 0) is 14.6 Å². The molecule has 7 nitrogen and oxygen atoms in total. The lowest BCUT2D eigenvalue weighted by atomic mass is 10.1. The number of hydrogen-bond donors (Lipinski definition) is 1. The highest BCUT2D eigenvalue weighted by molar-refractivity contribution is 7.91. The van der Waals surface area contributed by atoms with Crippen molar-refractivity contribution in [2.75, 3.05) is 24.8 Å². The maximum absolute atomic E-state index is 12.4. The van der Waals surface area contributed by atoms with Gasteiger partial charge in [-0.3, -0.25) is 4.79 Å². The number of amides is 1. The molecule has 32 heavy (non-hydrogen) atoms. The van der Waals surface area contributed by atoms with Gasteiger partial charge in [-0.1, -0.05) is 0 Å². The van der Waals surface area contributed by atoms with Gasteiger partial charge in [-0.05, 0) is 68.8 Å². The van der Waals surface area contributed by atoms with E-state index >= 15 is 0 Å². The number of ether oxygens (including phenoxy) is 2. The van der Waals surface area contributed by atoms with Crippen LogP contribution in [0.3, 0.4) is 0 Å². The quantitative estimate of drug-likeness (QED) is 0.457. The Labute approximate surface area is 192 Å². The van der Waals surface area contributed by atoms with Crippen molar-refractivity contribution in [1.82, 2.24) is 4.98 Å². The highest BCUT2D eigenvalue weighted by Crippen LogP contribution is 2.31. The molecule has 170 valence electrons. The van der Waals surface area contributed by atoms with E-state index in [1.165, 1.54) is 30.6 Å². The zero-order valence-electron chi connectivity index (χ0n) is 18.3. The minimum atomic E-state index is -3.46. The maximum atomic E-state index is 12.4. The van der Waals surface area contributed by atoms with Crippen LogP contribution in [0.5, 0.6) is 11.5 Å². The highest BCUT2D eigenvalue weighted by atomic mass is 32.2. The number of sulfone groups is 1. The van der Waals surface area contributed by atoms with Crippen LogP contribution in [0.4, 0.5) is 5.13 Å². The third-order valence-electron chi connectivity index (χ3n) is 4.72. The molecule has 0 spiro atoms. The van der Waals surface area contributed by atoms with Crippen molar-refractivity contribution in [3.63, 3.8) is 0 Å². The second-order valence-electron chi connectivity index (χ2n) is 7.03. The molecule has 1 heterocycles. The van der Waals surface area contributed by atoms with Crippen LogP contribution in [0.1, 0.15) is 24.6 Å². The standard InChI is InChI=1S/C23H26N2O5S2/c1-4-30-19-9-7-17(8-10-19)22-16(2)31-23(25-22)24-21(26)6-5-15-32(27,28)20-13-11-18(29-3)12-14-20/h7-14H,4-6,15H2,1-3H3,(H,24,25,26). The molecule has 0 atom stereocenters. The molecule has 1 amide bonds. The summed E-state index contributed by atoms with van der Waals surface area (Å²) in [5, 5.41) is 3.27. The molecule has 3 aromatic rings. The van der Waals surface area contributed by atoms with E-state index in [-0.39, 0.29) is 29.4 Å². The lowest BCUT2D eigenvalue weighted by Crippen LogP contribution is -2.14. The van der Waals surface area contributed by atoms with E-state index in [2.05, 4.69) is 10.3 Å². The summed E-state index contributed by atoms with van der Waals surface area (Å²) >= 11 is 1.39. The molecule has 0 aliphatic carbocycles. The summed E-state index contributed by atoms with van der Waals surface area (Å²) in [6, 6.07) is 13.9. The normalized spacial score (nSPS) is 11.2. The van der Waals surface area contributed by atoms with Gasteiger partial charge >= 0.3 is 0 Å². The number of carbonyl (C=O) groups is 1. The number of carbonyl (C=O) groups excluding carboxylic acids is 1. The summed E-state index contributed by atoms with van der Waals surface area (Å²) in [4.78, 5) is 18.0. The molecule has 0 fully saturated rings. The first-order valence-corrected chi connectivity index (χ1v) is 12.7. The summed E-state index contributed by atoms with van der Waals surface area (Å²) in [6.07, 6.45) is 0.308. The molecular formula is C23H26N2O5S2. The first kappa shape index (κ1) is 23.7. The van der Waals surface area contributed by atoms with Gasteiger partial charge in [0.05, 0.1) is 30.1 Å². The minimum absolute atomic E-state index is 0.0897. The largest absolute Gasteiger partial charge is 0.497 e. The molecule has 1 aromatic heterocycles. The summed E-state index contributed by atoms with van der Waals surface area (Å²) in [5.41, 5.74) is 1.74. The van der Waals surface area contributed by atoms with Crippen molar-refractivity contribution in [1.29, 1.82) is 0 Å². The number of methoxy groups -OCH3 is 1. The lowest BCUT2D eigenvalue weighted by molar-refractivity contribution is -0.116. The molecule has 0 aliphatic rings. The van der Waals surface area contributed by atoms with Gasteiger partial charge in [0.1, 0.15) is 11.5 Å². The molecule has 0 unspecified atom stereocenters. The molecule has 0 radical (unpaired) electrons. The van der Waals surface area contributed by atoms with E-state index in [4.69, 9.17) is 9.47 Å². The number of aromatic nitrogens is 1. The van der Waals surface area contributed by atoms with Crippen molar-refractivity contribution in [3.8, 4) is 22.8 Å². The van der Waals surface area contributed by atoms with E-state index in [1.54, 1.807) is 12.1 Å². The molecule has 3 rings (SSSR count). The van der Waals surface area contributed by atoms with Gasteiger partial charge in [0.25, 0.3) is 0 Å². The first-order valence-electron chi connectivity index (χ1n) is 10.2. The van der Waals surface area contributed by atoms with Gasteiger partial charge in [-0.2, -0.15) is 0 Å². The van der Waals surface area contributed by atoms with Crippen molar-refractivity contribution in [2.45, 2.75) is 31.6 Å². The second-order valence-corrected chi connectivity index (χ2v) is 10.3. The average Bonchev–Trinajstić information content (AvgIpc) is 3.14. The third kappa shape index (κ3) is 6.08. The molecule has 0 aliphatic heterocycles. The number of anilines is 1. The maximum Gasteiger partial charge on any atom is 0.226 e. The van der Waals surface area contributed by atoms with Crippen molar-refractivity contribution in [3.05, 3.63) is 53.4 Å². The Morgan fingerprint density at radius 3 is 2.34 bits per heavy atom.